The van der Waals surface area contributed by atoms with Crippen molar-refractivity contribution in [2.24, 2.45) is 0 Å². The van der Waals surface area contributed by atoms with E-state index in [1.165, 1.54) is 18.4 Å². The van der Waals surface area contributed by atoms with Gasteiger partial charge >= 0.3 is 5.97 Å². The molecule has 18 heavy (non-hydrogen) atoms. The minimum Gasteiger partial charge on any atom is -0.461 e. The Labute approximate surface area is 103 Å². The highest BCUT2D eigenvalue weighted by Crippen LogP contribution is 2.11. The van der Waals surface area contributed by atoms with Crippen molar-refractivity contribution in [1.29, 1.82) is 0 Å². The first-order chi connectivity index (χ1) is 8.69. The van der Waals surface area contributed by atoms with Crippen LogP contribution in [-0.2, 0) is 11.2 Å². The van der Waals surface area contributed by atoms with E-state index in [2.05, 4.69) is 4.98 Å². The lowest BCUT2D eigenvalue weighted by Crippen LogP contribution is -2.05. The monoisotopic (exact) mass is 249 g/mol. The zero-order valence-corrected chi connectivity index (χ0v) is 9.85. The fourth-order valence-corrected chi connectivity index (χ4v) is 1.47. The smallest absolute Gasteiger partial charge is 0.360 e. The molecule has 1 aromatic carbocycles. The summed E-state index contributed by atoms with van der Waals surface area (Å²) in [7, 11) is 0. The number of hydrogen-bond acceptors (Lipinski definition) is 4. The molecule has 4 nitrogen and oxygen atoms in total. The molecule has 0 aliphatic heterocycles. The Hall–Kier alpha value is -2.17. The van der Waals surface area contributed by atoms with Crippen LogP contribution in [0.25, 0.3) is 0 Å². The minimum atomic E-state index is -0.508. The number of oxazole rings is 1. The van der Waals surface area contributed by atoms with Gasteiger partial charge in [0, 0.05) is 6.42 Å². The molecule has 0 atom stereocenters. The maximum atomic E-state index is 12.7. The van der Waals surface area contributed by atoms with Crippen LogP contribution in [0, 0.1) is 5.82 Å². The summed E-state index contributed by atoms with van der Waals surface area (Å²) in [6.45, 7) is 2.01. The zero-order valence-electron chi connectivity index (χ0n) is 9.85. The van der Waals surface area contributed by atoms with Crippen molar-refractivity contribution in [2.75, 3.05) is 6.61 Å². The van der Waals surface area contributed by atoms with Gasteiger partial charge < -0.3 is 9.15 Å². The second-order valence-corrected chi connectivity index (χ2v) is 3.65. The number of nitrogens with zero attached hydrogens (tertiary/aromatic N) is 1. The number of carbonyl (C=O) groups is 1. The van der Waals surface area contributed by atoms with Crippen molar-refractivity contribution >= 4 is 5.97 Å². The summed E-state index contributed by atoms with van der Waals surface area (Å²) in [5.41, 5.74) is 1.00. The third kappa shape index (κ3) is 2.94. The van der Waals surface area contributed by atoms with Crippen molar-refractivity contribution < 1.29 is 18.3 Å². The van der Waals surface area contributed by atoms with Gasteiger partial charge in [0.05, 0.1) is 6.61 Å². The predicted octanol–water partition coefficient (Wildman–Crippen LogP) is 2.58. The average Bonchev–Trinajstić information content (AvgIpc) is 2.81. The number of halogens is 1. The van der Waals surface area contributed by atoms with Crippen LogP contribution in [0.5, 0.6) is 0 Å². The Balaban J connectivity index is 2.06. The zero-order chi connectivity index (χ0) is 13.0. The highest BCUT2D eigenvalue weighted by molar-refractivity contribution is 5.86. The molecule has 0 saturated heterocycles. The number of esters is 1. The topological polar surface area (TPSA) is 52.3 Å². The molecule has 0 aliphatic rings. The number of hydrogen-bond donors (Lipinski definition) is 0. The molecule has 0 bridgehead atoms. The normalized spacial score (nSPS) is 10.3. The number of ether oxygens (including phenoxy) is 1. The lowest BCUT2D eigenvalue weighted by atomic mass is 10.1. The van der Waals surface area contributed by atoms with Crippen molar-refractivity contribution in [2.45, 2.75) is 13.3 Å². The van der Waals surface area contributed by atoms with E-state index in [0.29, 0.717) is 18.9 Å². The molecule has 0 fully saturated rings. The summed E-state index contributed by atoms with van der Waals surface area (Å²) in [6, 6.07) is 6.02. The van der Waals surface area contributed by atoms with Crippen LogP contribution in [0.2, 0.25) is 0 Å². The van der Waals surface area contributed by atoms with Crippen LogP contribution in [0.4, 0.5) is 4.39 Å². The van der Waals surface area contributed by atoms with Gasteiger partial charge in [0.15, 0.2) is 11.6 Å². The number of aromatic nitrogens is 1. The number of rotatable bonds is 4. The van der Waals surface area contributed by atoms with Crippen molar-refractivity contribution in [3.8, 4) is 0 Å². The first kappa shape index (κ1) is 12.3. The van der Waals surface area contributed by atoms with Gasteiger partial charge in [0.2, 0.25) is 0 Å². The Bertz CT molecular complexity index is 533. The van der Waals surface area contributed by atoms with Crippen LogP contribution in [0.15, 0.2) is 34.9 Å². The third-order valence-electron chi connectivity index (χ3n) is 2.30. The lowest BCUT2D eigenvalue weighted by molar-refractivity contribution is 0.0519. The molecule has 0 radical (unpaired) electrons. The SMILES string of the molecule is CCOC(=O)c1coc(Cc2ccc(F)cc2)n1. The van der Waals surface area contributed by atoms with E-state index in [9.17, 15) is 9.18 Å². The standard InChI is InChI=1S/C13H12FNO3/c1-2-17-13(16)11-8-18-12(15-11)7-9-3-5-10(14)6-4-9/h3-6,8H,2,7H2,1H3. The van der Waals surface area contributed by atoms with Gasteiger partial charge in [-0.15, -0.1) is 0 Å². The van der Waals surface area contributed by atoms with Crippen LogP contribution < -0.4 is 0 Å². The van der Waals surface area contributed by atoms with Crippen molar-refractivity contribution in [3.05, 3.63) is 53.5 Å². The van der Waals surface area contributed by atoms with Gasteiger partial charge in [-0.25, -0.2) is 14.2 Å². The first-order valence-corrected chi connectivity index (χ1v) is 5.55. The van der Waals surface area contributed by atoms with Gasteiger partial charge in [-0.2, -0.15) is 0 Å². The largest absolute Gasteiger partial charge is 0.461 e. The Morgan fingerprint density at radius 3 is 2.78 bits per heavy atom. The second-order valence-electron chi connectivity index (χ2n) is 3.65. The second kappa shape index (κ2) is 5.44. The van der Waals surface area contributed by atoms with Crippen molar-refractivity contribution in [1.82, 2.24) is 4.98 Å². The molecule has 1 heterocycles. The molecule has 2 aromatic rings. The minimum absolute atomic E-state index is 0.147. The first-order valence-electron chi connectivity index (χ1n) is 5.55. The fraction of sp³-hybridized carbons (Fsp3) is 0.231. The molecule has 0 unspecified atom stereocenters. The highest BCUT2D eigenvalue weighted by atomic mass is 19.1. The highest BCUT2D eigenvalue weighted by Gasteiger charge is 2.13. The van der Waals surface area contributed by atoms with Gasteiger partial charge in [0.25, 0.3) is 0 Å². The average molecular weight is 249 g/mol. The summed E-state index contributed by atoms with van der Waals surface area (Å²) in [6.07, 6.45) is 1.66. The summed E-state index contributed by atoms with van der Waals surface area (Å²) in [4.78, 5) is 15.4. The molecule has 0 N–H and O–H groups in total. The van der Waals surface area contributed by atoms with E-state index in [0.717, 1.165) is 5.56 Å². The van der Waals surface area contributed by atoms with Gasteiger partial charge in [-0.1, -0.05) is 12.1 Å². The molecular formula is C13H12FNO3. The molecule has 0 amide bonds. The molecule has 5 heteroatoms. The van der Waals surface area contributed by atoms with E-state index < -0.39 is 5.97 Å². The number of carbonyl (C=O) groups excluding carboxylic acids is 1. The molecule has 94 valence electrons. The van der Waals surface area contributed by atoms with Crippen molar-refractivity contribution in [3.63, 3.8) is 0 Å². The summed E-state index contributed by atoms with van der Waals surface area (Å²) in [5, 5.41) is 0. The van der Waals surface area contributed by atoms with Crippen LogP contribution in [-0.4, -0.2) is 17.6 Å². The summed E-state index contributed by atoms with van der Waals surface area (Å²) >= 11 is 0. The molecular weight excluding hydrogens is 237 g/mol. The maximum Gasteiger partial charge on any atom is 0.360 e. The Morgan fingerprint density at radius 2 is 2.11 bits per heavy atom. The van der Waals surface area contributed by atoms with E-state index in [1.807, 2.05) is 0 Å². The van der Waals surface area contributed by atoms with Crippen LogP contribution in [0.1, 0.15) is 28.9 Å². The van der Waals surface area contributed by atoms with Gasteiger partial charge in [0.1, 0.15) is 12.1 Å². The number of benzene rings is 1. The molecule has 0 saturated carbocycles. The molecule has 0 spiro atoms. The summed E-state index contributed by atoms with van der Waals surface area (Å²) < 4.78 is 22.7. The Kier molecular flexibility index (Phi) is 3.72. The Morgan fingerprint density at radius 1 is 1.39 bits per heavy atom. The van der Waals surface area contributed by atoms with E-state index in [1.54, 1.807) is 19.1 Å². The van der Waals surface area contributed by atoms with Gasteiger partial charge in [-0.05, 0) is 24.6 Å². The van der Waals surface area contributed by atoms with E-state index >= 15 is 0 Å². The third-order valence-corrected chi connectivity index (χ3v) is 2.30. The van der Waals surface area contributed by atoms with E-state index in [4.69, 9.17) is 9.15 Å². The molecule has 2 rings (SSSR count). The summed E-state index contributed by atoms with van der Waals surface area (Å²) in [5.74, 6) is -0.408. The predicted molar refractivity (Wildman–Crippen MR) is 61.7 cm³/mol. The van der Waals surface area contributed by atoms with Crippen LogP contribution >= 0.6 is 0 Å². The lowest BCUT2D eigenvalue weighted by Gasteiger charge is -1.97. The molecule has 0 aliphatic carbocycles. The quantitative estimate of drug-likeness (QED) is 0.781. The molecule has 1 aromatic heterocycles. The van der Waals surface area contributed by atoms with E-state index in [-0.39, 0.29) is 11.5 Å². The maximum absolute atomic E-state index is 12.7. The van der Waals surface area contributed by atoms with Crippen LogP contribution in [0.3, 0.4) is 0 Å². The fourth-order valence-electron chi connectivity index (χ4n) is 1.47. The van der Waals surface area contributed by atoms with Gasteiger partial charge in [-0.3, -0.25) is 0 Å².